The molecule has 0 aliphatic rings. The molecule has 8 heteroatoms. The van der Waals surface area contributed by atoms with E-state index in [1.54, 1.807) is 30.5 Å². The van der Waals surface area contributed by atoms with Gasteiger partial charge in [0.2, 0.25) is 5.91 Å². The van der Waals surface area contributed by atoms with E-state index in [2.05, 4.69) is 31.5 Å². The molecule has 0 atom stereocenters. The van der Waals surface area contributed by atoms with Crippen molar-refractivity contribution in [3.63, 3.8) is 0 Å². The number of nitrogens with one attached hydrogen (secondary N) is 2. The minimum atomic E-state index is -0.557. The van der Waals surface area contributed by atoms with Gasteiger partial charge in [0, 0.05) is 28.2 Å². The average molecular weight is 431 g/mol. The minimum absolute atomic E-state index is 0.0791. The molecule has 1 heterocycles. The molecule has 3 aromatic rings. The van der Waals surface area contributed by atoms with Crippen LogP contribution in [0, 0.1) is 0 Å². The van der Waals surface area contributed by atoms with Crippen molar-refractivity contribution in [3.8, 4) is 5.69 Å². The highest BCUT2D eigenvalue weighted by Crippen LogP contribution is 2.21. The van der Waals surface area contributed by atoms with Crippen LogP contribution in [0.5, 0.6) is 0 Å². The SMILES string of the molecule is O=C(CSc1nccn1-c1ccc(Br)cc1)NC(=O)Nc1ccccc1. The van der Waals surface area contributed by atoms with Crippen LogP contribution in [-0.4, -0.2) is 27.2 Å². The second-order valence-corrected chi connectivity index (χ2v) is 7.07. The van der Waals surface area contributed by atoms with Gasteiger partial charge in [-0.1, -0.05) is 45.9 Å². The molecule has 2 N–H and O–H groups in total. The van der Waals surface area contributed by atoms with Gasteiger partial charge in [-0.2, -0.15) is 0 Å². The number of carbonyl (C=O) groups is 2. The second-order valence-electron chi connectivity index (χ2n) is 5.21. The molecule has 6 nitrogen and oxygen atoms in total. The average Bonchev–Trinajstić information content (AvgIpc) is 3.10. The lowest BCUT2D eigenvalue weighted by Crippen LogP contribution is -2.35. The summed E-state index contributed by atoms with van der Waals surface area (Å²) in [5.74, 6) is -0.316. The molecule has 132 valence electrons. The third kappa shape index (κ3) is 4.96. The Kier molecular flexibility index (Phi) is 6.08. The maximum atomic E-state index is 12.0. The fourth-order valence-electron chi connectivity index (χ4n) is 2.17. The van der Waals surface area contributed by atoms with Crippen molar-refractivity contribution >= 4 is 45.3 Å². The summed E-state index contributed by atoms with van der Waals surface area (Å²) >= 11 is 4.66. The van der Waals surface area contributed by atoms with Gasteiger partial charge in [-0.25, -0.2) is 9.78 Å². The monoisotopic (exact) mass is 430 g/mol. The fourth-order valence-corrected chi connectivity index (χ4v) is 3.21. The second kappa shape index (κ2) is 8.68. The molecular weight excluding hydrogens is 416 g/mol. The van der Waals surface area contributed by atoms with Crippen LogP contribution in [0.3, 0.4) is 0 Å². The lowest BCUT2D eigenvalue weighted by molar-refractivity contribution is -0.117. The summed E-state index contributed by atoms with van der Waals surface area (Å²) in [5, 5.41) is 5.58. The highest BCUT2D eigenvalue weighted by atomic mass is 79.9. The first kappa shape index (κ1) is 18.2. The number of aromatic nitrogens is 2. The van der Waals surface area contributed by atoms with Crippen LogP contribution in [0.4, 0.5) is 10.5 Å². The largest absolute Gasteiger partial charge is 0.325 e. The zero-order chi connectivity index (χ0) is 18.4. The summed E-state index contributed by atoms with van der Waals surface area (Å²) in [6, 6.07) is 16.1. The van der Waals surface area contributed by atoms with Gasteiger partial charge >= 0.3 is 6.03 Å². The standard InChI is InChI=1S/C18H15BrN4O2S/c19-13-6-8-15(9-7-13)23-11-10-20-18(23)26-12-16(24)22-17(25)21-14-4-2-1-3-5-14/h1-11H,12H2,(H2,21,22,24,25). The Hall–Kier alpha value is -2.58. The molecule has 0 saturated heterocycles. The zero-order valence-corrected chi connectivity index (χ0v) is 16.0. The number of carbonyl (C=O) groups excluding carboxylic acids is 2. The fraction of sp³-hybridized carbons (Fsp3) is 0.0556. The van der Waals surface area contributed by atoms with Crippen molar-refractivity contribution in [2.45, 2.75) is 5.16 Å². The van der Waals surface area contributed by atoms with Crippen LogP contribution in [0.2, 0.25) is 0 Å². The molecule has 0 radical (unpaired) electrons. The number of amides is 3. The van der Waals surface area contributed by atoms with Crippen molar-refractivity contribution in [3.05, 3.63) is 71.5 Å². The van der Waals surface area contributed by atoms with Crippen molar-refractivity contribution in [1.29, 1.82) is 0 Å². The van der Waals surface area contributed by atoms with Gasteiger partial charge in [-0.15, -0.1) is 0 Å². The van der Waals surface area contributed by atoms with E-state index in [-0.39, 0.29) is 5.75 Å². The number of urea groups is 1. The van der Waals surface area contributed by atoms with Crippen LogP contribution in [0.25, 0.3) is 5.69 Å². The Morgan fingerprint density at radius 3 is 2.54 bits per heavy atom. The molecule has 1 aromatic heterocycles. The molecule has 2 aromatic carbocycles. The Morgan fingerprint density at radius 1 is 1.08 bits per heavy atom. The Labute approximate surface area is 163 Å². The van der Waals surface area contributed by atoms with Crippen molar-refractivity contribution in [1.82, 2.24) is 14.9 Å². The summed E-state index contributed by atoms with van der Waals surface area (Å²) in [6.45, 7) is 0. The number of imidazole rings is 1. The highest BCUT2D eigenvalue weighted by molar-refractivity contribution is 9.10. The van der Waals surface area contributed by atoms with Crippen LogP contribution in [0.15, 0.2) is 76.6 Å². The van der Waals surface area contributed by atoms with E-state index < -0.39 is 11.9 Å². The molecule has 3 rings (SSSR count). The number of rotatable bonds is 5. The third-order valence-electron chi connectivity index (χ3n) is 3.33. The normalized spacial score (nSPS) is 10.3. The number of hydrogen-bond donors (Lipinski definition) is 2. The van der Waals surface area contributed by atoms with E-state index >= 15 is 0 Å². The smallest absolute Gasteiger partial charge is 0.308 e. The summed E-state index contributed by atoms with van der Waals surface area (Å²) in [7, 11) is 0. The number of hydrogen-bond acceptors (Lipinski definition) is 4. The first-order valence-corrected chi connectivity index (χ1v) is 9.47. The van der Waals surface area contributed by atoms with E-state index in [4.69, 9.17) is 0 Å². The highest BCUT2D eigenvalue weighted by Gasteiger charge is 2.11. The molecule has 0 bridgehead atoms. The molecule has 0 aliphatic carbocycles. The van der Waals surface area contributed by atoms with E-state index in [9.17, 15) is 9.59 Å². The summed E-state index contributed by atoms with van der Waals surface area (Å²) in [6.07, 6.45) is 3.50. The maximum absolute atomic E-state index is 12.0. The Morgan fingerprint density at radius 2 is 1.81 bits per heavy atom. The first-order chi connectivity index (χ1) is 12.6. The number of thioether (sulfide) groups is 1. The van der Waals surface area contributed by atoms with Crippen molar-refractivity contribution < 1.29 is 9.59 Å². The van der Waals surface area contributed by atoms with Crippen LogP contribution < -0.4 is 10.6 Å². The Balaban J connectivity index is 1.54. The van der Waals surface area contributed by atoms with Gasteiger partial charge in [0.1, 0.15) is 0 Å². The molecule has 0 fully saturated rings. The van der Waals surface area contributed by atoms with Crippen molar-refractivity contribution in [2.24, 2.45) is 0 Å². The van der Waals surface area contributed by atoms with Gasteiger partial charge in [-0.05, 0) is 36.4 Å². The maximum Gasteiger partial charge on any atom is 0.325 e. The minimum Gasteiger partial charge on any atom is -0.308 e. The topological polar surface area (TPSA) is 76.0 Å². The van der Waals surface area contributed by atoms with Crippen molar-refractivity contribution in [2.75, 3.05) is 11.1 Å². The Bertz CT molecular complexity index is 897. The van der Waals surface area contributed by atoms with Crippen LogP contribution in [0.1, 0.15) is 0 Å². The number of imide groups is 1. The molecule has 26 heavy (non-hydrogen) atoms. The van der Waals surface area contributed by atoms with Gasteiger partial charge in [0.15, 0.2) is 5.16 Å². The molecule has 0 saturated carbocycles. The number of para-hydroxylation sites is 1. The number of benzene rings is 2. The molecule has 0 spiro atoms. The van der Waals surface area contributed by atoms with Gasteiger partial charge in [-0.3, -0.25) is 14.7 Å². The van der Waals surface area contributed by atoms with E-state index in [0.29, 0.717) is 10.8 Å². The third-order valence-corrected chi connectivity index (χ3v) is 4.82. The van der Waals surface area contributed by atoms with Gasteiger partial charge in [0.05, 0.1) is 5.75 Å². The van der Waals surface area contributed by atoms with E-state index in [0.717, 1.165) is 10.2 Å². The molecule has 0 unspecified atom stereocenters. The lowest BCUT2D eigenvalue weighted by atomic mass is 10.3. The van der Waals surface area contributed by atoms with E-state index in [1.807, 2.05) is 41.1 Å². The quantitative estimate of drug-likeness (QED) is 0.597. The summed E-state index contributed by atoms with van der Waals surface area (Å²) < 4.78 is 2.87. The first-order valence-electron chi connectivity index (χ1n) is 7.70. The molecule has 3 amide bonds. The summed E-state index contributed by atoms with van der Waals surface area (Å²) in [5.41, 5.74) is 1.56. The van der Waals surface area contributed by atoms with E-state index in [1.165, 1.54) is 11.8 Å². The van der Waals surface area contributed by atoms with Gasteiger partial charge < -0.3 is 5.32 Å². The predicted molar refractivity (Wildman–Crippen MR) is 106 cm³/mol. The molecule has 0 aliphatic heterocycles. The predicted octanol–water partition coefficient (Wildman–Crippen LogP) is 4.08. The van der Waals surface area contributed by atoms with Gasteiger partial charge in [0.25, 0.3) is 0 Å². The van der Waals surface area contributed by atoms with Crippen LogP contribution >= 0.6 is 27.7 Å². The lowest BCUT2D eigenvalue weighted by Gasteiger charge is -2.08. The van der Waals surface area contributed by atoms with Crippen LogP contribution in [-0.2, 0) is 4.79 Å². The summed E-state index contributed by atoms with van der Waals surface area (Å²) in [4.78, 5) is 28.1. The molecular formula is C18H15BrN4O2S. The number of anilines is 1. The number of halogens is 1. The number of nitrogens with zero attached hydrogens (tertiary/aromatic N) is 2. The zero-order valence-electron chi connectivity index (χ0n) is 13.6.